The molecule has 2 unspecified atom stereocenters. The summed E-state index contributed by atoms with van der Waals surface area (Å²) in [6, 6.07) is 4.25. The number of hydrogen-bond donors (Lipinski definition) is 3. The molecule has 0 bridgehead atoms. The fourth-order valence-electron chi connectivity index (χ4n) is 3.87. The third-order valence-electron chi connectivity index (χ3n) is 5.38. The van der Waals surface area contributed by atoms with E-state index in [9.17, 15) is 24.0 Å². The topological polar surface area (TPSA) is 174 Å². The number of alkyl carbamates (subject to hydrolysis) is 2. The van der Waals surface area contributed by atoms with E-state index in [1.165, 1.54) is 30.2 Å². The Hall–Kier alpha value is -4.36. The minimum absolute atomic E-state index is 0.0692. The SMILES string of the molecule is COC(=O)c1ccc(N2C(=O)C(C)CC2NC(=O)OC(C)(C)C)c(NC(=NC(=O)OC(C)(C)C)NC(=O)OC(C)(C)C)c1. The van der Waals surface area contributed by atoms with Crippen LogP contribution in [0.1, 0.15) is 86.0 Å². The van der Waals surface area contributed by atoms with E-state index in [0.717, 1.165) is 0 Å². The van der Waals surface area contributed by atoms with Crippen molar-refractivity contribution in [1.29, 1.82) is 0 Å². The fourth-order valence-corrected chi connectivity index (χ4v) is 3.87. The quantitative estimate of drug-likeness (QED) is 0.185. The van der Waals surface area contributed by atoms with Gasteiger partial charge in [-0.3, -0.25) is 15.0 Å². The lowest BCUT2D eigenvalue weighted by atomic mass is 10.1. The Labute approximate surface area is 251 Å². The third-order valence-corrected chi connectivity index (χ3v) is 5.38. The van der Waals surface area contributed by atoms with Gasteiger partial charge in [-0.05, 0) is 86.9 Å². The van der Waals surface area contributed by atoms with Crippen LogP contribution in [-0.2, 0) is 23.7 Å². The number of methoxy groups -OCH3 is 1. The van der Waals surface area contributed by atoms with Crippen LogP contribution in [0, 0.1) is 5.92 Å². The van der Waals surface area contributed by atoms with Gasteiger partial charge in [0.1, 0.15) is 23.0 Å². The molecule has 43 heavy (non-hydrogen) atoms. The van der Waals surface area contributed by atoms with E-state index in [4.69, 9.17) is 18.9 Å². The van der Waals surface area contributed by atoms with Gasteiger partial charge in [0.15, 0.2) is 0 Å². The second-order valence-electron chi connectivity index (χ2n) is 12.9. The minimum atomic E-state index is -1.04. The van der Waals surface area contributed by atoms with E-state index >= 15 is 0 Å². The number of ether oxygens (including phenoxy) is 4. The van der Waals surface area contributed by atoms with Crippen molar-refractivity contribution in [2.24, 2.45) is 10.9 Å². The number of hydrogen-bond acceptors (Lipinski definition) is 9. The van der Waals surface area contributed by atoms with Gasteiger partial charge in [-0.1, -0.05) is 6.92 Å². The molecule has 3 N–H and O–H groups in total. The zero-order valence-corrected chi connectivity index (χ0v) is 26.7. The smallest absolute Gasteiger partial charge is 0.437 e. The molecule has 1 saturated heterocycles. The van der Waals surface area contributed by atoms with Crippen LogP contribution in [0.5, 0.6) is 0 Å². The molecule has 0 aliphatic carbocycles. The van der Waals surface area contributed by atoms with Gasteiger partial charge >= 0.3 is 24.2 Å². The molecule has 2 rings (SSSR count). The van der Waals surface area contributed by atoms with Gasteiger partial charge in [-0.25, -0.2) is 19.2 Å². The zero-order chi connectivity index (χ0) is 32.9. The number of aliphatic imine (C=N–C) groups is 1. The normalized spacial score (nSPS) is 17.6. The first kappa shape index (κ1) is 34.8. The highest BCUT2D eigenvalue weighted by Crippen LogP contribution is 2.35. The molecule has 1 aliphatic rings. The first-order valence-electron chi connectivity index (χ1n) is 13.7. The number of guanidine groups is 1. The van der Waals surface area contributed by atoms with Crippen molar-refractivity contribution in [2.75, 3.05) is 17.3 Å². The van der Waals surface area contributed by atoms with Crippen LogP contribution < -0.4 is 20.9 Å². The summed E-state index contributed by atoms with van der Waals surface area (Å²) in [5.74, 6) is -1.92. The lowest BCUT2D eigenvalue weighted by molar-refractivity contribution is -0.120. The van der Waals surface area contributed by atoms with Crippen molar-refractivity contribution < 1.29 is 42.9 Å². The molecule has 1 aromatic carbocycles. The number of amides is 4. The summed E-state index contributed by atoms with van der Waals surface area (Å²) in [6.45, 7) is 16.7. The van der Waals surface area contributed by atoms with E-state index in [1.807, 2.05) is 0 Å². The molecule has 2 atom stereocenters. The summed E-state index contributed by atoms with van der Waals surface area (Å²) in [7, 11) is 1.20. The van der Waals surface area contributed by atoms with Crippen LogP contribution in [0.25, 0.3) is 0 Å². The van der Waals surface area contributed by atoms with Crippen molar-refractivity contribution in [3.63, 3.8) is 0 Å². The molecular formula is C29H43N5O9. The van der Waals surface area contributed by atoms with Gasteiger partial charge in [0.05, 0.1) is 24.0 Å². The summed E-state index contributed by atoms with van der Waals surface area (Å²) in [6.07, 6.45) is -3.28. The molecule has 4 amide bonds. The van der Waals surface area contributed by atoms with Gasteiger partial charge in [0.2, 0.25) is 11.9 Å². The molecule has 1 heterocycles. The summed E-state index contributed by atoms with van der Waals surface area (Å²) >= 11 is 0. The maximum absolute atomic E-state index is 13.4. The van der Waals surface area contributed by atoms with Crippen molar-refractivity contribution in [1.82, 2.24) is 10.6 Å². The van der Waals surface area contributed by atoms with Crippen molar-refractivity contribution in [3.8, 4) is 0 Å². The summed E-state index contributed by atoms with van der Waals surface area (Å²) in [5.41, 5.74) is -2.20. The van der Waals surface area contributed by atoms with Crippen LogP contribution in [0.3, 0.4) is 0 Å². The van der Waals surface area contributed by atoms with E-state index in [2.05, 4.69) is 20.9 Å². The van der Waals surface area contributed by atoms with E-state index < -0.39 is 59.1 Å². The van der Waals surface area contributed by atoms with Crippen molar-refractivity contribution >= 4 is 47.5 Å². The fraction of sp³-hybridized carbons (Fsp3) is 0.586. The Morgan fingerprint density at radius 3 is 1.98 bits per heavy atom. The Balaban J connectivity index is 2.62. The maximum atomic E-state index is 13.4. The predicted molar refractivity (Wildman–Crippen MR) is 159 cm³/mol. The summed E-state index contributed by atoms with van der Waals surface area (Å²) < 4.78 is 20.8. The summed E-state index contributed by atoms with van der Waals surface area (Å²) in [4.78, 5) is 68.9. The number of carbonyl (C=O) groups excluding carboxylic acids is 5. The number of nitrogens with zero attached hydrogens (tertiary/aromatic N) is 2. The highest BCUT2D eigenvalue weighted by Gasteiger charge is 2.40. The number of benzene rings is 1. The lowest BCUT2D eigenvalue weighted by Gasteiger charge is -2.29. The van der Waals surface area contributed by atoms with E-state index in [-0.39, 0.29) is 29.3 Å². The van der Waals surface area contributed by atoms with Crippen molar-refractivity contribution in [2.45, 2.75) is 98.6 Å². The first-order chi connectivity index (χ1) is 19.6. The third kappa shape index (κ3) is 11.1. The maximum Gasteiger partial charge on any atom is 0.437 e. The number of anilines is 2. The molecule has 1 aromatic rings. The van der Waals surface area contributed by atoms with Gasteiger partial charge in [-0.2, -0.15) is 0 Å². The average molecular weight is 606 g/mol. The predicted octanol–water partition coefficient (Wildman–Crippen LogP) is 4.92. The molecule has 1 aliphatic heterocycles. The van der Waals surface area contributed by atoms with Crippen LogP contribution in [-0.4, -0.2) is 66.2 Å². The second kappa shape index (κ2) is 13.3. The summed E-state index contributed by atoms with van der Waals surface area (Å²) in [5, 5.41) is 7.91. The molecule has 14 nitrogen and oxygen atoms in total. The molecule has 0 spiro atoms. The number of nitrogens with one attached hydrogen (secondary N) is 3. The van der Waals surface area contributed by atoms with E-state index in [0.29, 0.717) is 0 Å². The standard InChI is InChI=1S/C29H43N5O9/c1-16-14-20(31-24(37)41-27(2,3)4)34(21(16)35)19-13-12-17(22(36)40-11)15-18(19)30-23(32-25(38)42-28(5,6)7)33-26(39)43-29(8,9)10/h12-13,15-16,20H,14H2,1-11H3,(H,31,37)(H2,30,32,33,38,39). The van der Waals surface area contributed by atoms with Crippen molar-refractivity contribution in [3.05, 3.63) is 23.8 Å². The highest BCUT2D eigenvalue weighted by atomic mass is 16.6. The molecule has 1 fully saturated rings. The monoisotopic (exact) mass is 605 g/mol. The van der Waals surface area contributed by atoms with Gasteiger partial charge in [0.25, 0.3) is 0 Å². The van der Waals surface area contributed by atoms with Gasteiger partial charge in [-0.15, -0.1) is 4.99 Å². The zero-order valence-electron chi connectivity index (χ0n) is 26.7. The van der Waals surface area contributed by atoms with Crippen LogP contribution in [0.4, 0.5) is 25.8 Å². The first-order valence-corrected chi connectivity index (χ1v) is 13.7. The molecule has 14 heteroatoms. The highest BCUT2D eigenvalue weighted by molar-refractivity contribution is 6.10. The van der Waals surface area contributed by atoms with Gasteiger partial charge in [0, 0.05) is 5.92 Å². The Morgan fingerprint density at radius 1 is 0.884 bits per heavy atom. The lowest BCUT2D eigenvalue weighted by Crippen LogP contribution is -2.48. The Morgan fingerprint density at radius 2 is 1.44 bits per heavy atom. The Kier molecular flexibility index (Phi) is 10.8. The average Bonchev–Trinajstić information content (AvgIpc) is 3.07. The molecule has 0 radical (unpaired) electrons. The van der Waals surface area contributed by atoms with Crippen LogP contribution in [0.15, 0.2) is 23.2 Å². The van der Waals surface area contributed by atoms with E-state index in [1.54, 1.807) is 69.2 Å². The molecular weight excluding hydrogens is 562 g/mol. The largest absolute Gasteiger partial charge is 0.465 e. The van der Waals surface area contributed by atoms with Crippen LogP contribution >= 0.6 is 0 Å². The van der Waals surface area contributed by atoms with Crippen LogP contribution in [0.2, 0.25) is 0 Å². The molecule has 0 saturated carbocycles. The van der Waals surface area contributed by atoms with Gasteiger partial charge < -0.3 is 29.6 Å². The second-order valence-corrected chi connectivity index (χ2v) is 12.9. The minimum Gasteiger partial charge on any atom is -0.465 e. The molecule has 0 aromatic heterocycles. The number of rotatable bonds is 4. The number of esters is 1. The Bertz CT molecular complexity index is 1270. The molecule has 238 valence electrons. The number of carbonyl (C=O) groups is 5.